The molecule has 0 amide bonds. The van der Waals surface area contributed by atoms with Crippen LogP contribution < -0.4 is 10.1 Å². The van der Waals surface area contributed by atoms with E-state index in [0.717, 1.165) is 28.9 Å². The van der Waals surface area contributed by atoms with Crippen LogP contribution in [0.4, 0.5) is 5.69 Å². The molecule has 1 aromatic carbocycles. The van der Waals surface area contributed by atoms with Crippen molar-refractivity contribution in [3.8, 4) is 18.1 Å². The third kappa shape index (κ3) is 3.31. The fourth-order valence-electron chi connectivity index (χ4n) is 1.06. The lowest BCUT2D eigenvalue weighted by Gasteiger charge is -2.07. The van der Waals surface area contributed by atoms with E-state index in [9.17, 15) is 0 Å². The SMILES string of the molecule is C#CCCNc1cc(Br)cc(OC)c1. The lowest BCUT2D eigenvalue weighted by atomic mass is 10.3. The van der Waals surface area contributed by atoms with E-state index >= 15 is 0 Å². The van der Waals surface area contributed by atoms with Crippen LogP contribution in [0.5, 0.6) is 5.75 Å². The minimum atomic E-state index is 0.717. The number of ether oxygens (including phenoxy) is 1. The molecule has 14 heavy (non-hydrogen) atoms. The fourth-order valence-corrected chi connectivity index (χ4v) is 1.53. The first-order valence-electron chi connectivity index (χ1n) is 4.28. The minimum Gasteiger partial charge on any atom is -0.497 e. The van der Waals surface area contributed by atoms with Gasteiger partial charge in [0.05, 0.1) is 7.11 Å². The molecule has 0 aliphatic rings. The first-order valence-corrected chi connectivity index (χ1v) is 5.07. The molecule has 0 spiro atoms. The summed E-state index contributed by atoms with van der Waals surface area (Å²) in [6.07, 6.45) is 5.87. The molecule has 1 N–H and O–H groups in total. The van der Waals surface area contributed by atoms with Crippen LogP contribution in [0, 0.1) is 12.3 Å². The van der Waals surface area contributed by atoms with Crippen molar-refractivity contribution in [2.24, 2.45) is 0 Å². The van der Waals surface area contributed by atoms with Crippen LogP contribution in [0.15, 0.2) is 22.7 Å². The predicted molar refractivity (Wildman–Crippen MR) is 62.6 cm³/mol. The Labute approximate surface area is 92.8 Å². The number of halogens is 1. The van der Waals surface area contributed by atoms with E-state index in [4.69, 9.17) is 11.2 Å². The summed E-state index contributed by atoms with van der Waals surface area (Å²) >= 11 is 3.40. The number of hydrogen-bond acceptors (Lipinski definition) is 2. The van der Waals surface area contributed by atoms with Crippen molar-refractivity contribution in [3.63, 3.8) is 0 Å². The van der Waals surface area contributed by atoms with Crippen molar-refractivity contribution in [2.45, 2.75) is 6.42 Å². The summed E-state index contributed by atoms with van der Waals surface area (Å²) in [5, 5.41) is 3.21. The molecule has 3 heteroatoms. The Hall–Kier alpha value is -1.14. The van der Waals surface area contributed by atoms with Gasteiger partial charge in [-0.3, -0.25) is 0 Å². The maximum atomic E-state index is 5.15. The van der Waals surface area contributed by atoms with Crippen LogP contribution in [-0.2, 0) is 0 Å². The van der Waals surface area contributed by atoms with Crippen molar-refractivity contribution in [3.05, 3.63) is 22.7 Å². The van der Waals surface area contributed by atoms with Gasteiger partial charge < -0.3 is 10.1 Å². The molecule has 0 bridgehead atoms. The van der Waals surface area contributed by atoms with Crippen LogP contribution in [0.2, 0.25) is 0 Å². The smallest absolute Gasteiger partial charge is 0.122 e. The van der Waals surface area contributed by atoms with Crippen molar-refractivity contribution >= 4 is 21.6 Å². The standard InChI is InChI=1S/C11H12BrNO/c1-3-4-5-13-10-6-9(12)7-11(8-10)14-2/h1,6-8,13H,4-5H2,2H3. The highest BCUT2D eigenvalue weighted by Gasteiger charge is 1.98. The maximum Gasteiger partial charge on any atom is 0.122 e. The van der Waals surface area contributed by atoms with E-state index < -0.39 is 0 Å². The summed E-state index contributed by atoms with van der Waals surface area (Å²) in [6, 6.07) is 5.83. The molecular formula is C11H12BrNO. The van der Waals surface area contributed by atoms with Gasteiger partial charge in [0.1, 0.15) is 5.75 Å². The molecule has 0 saturated heterocycles. The van der Waals surface area contributed by atoms with Gasteiger partial charge in [0, 0.05) is 29.2 Å². The average Bonchev–Trinajstić information content (AvgIpc) is 2.17. The monoisotopic (exact) mass is 253 g/mol. The zero-order valence-corrected chi connectivity index (χ0v) is 9.60. The number of terminal acetylenes is 1. The van der Waals surface area contributed by atoms with E-state index in [1.54, 1.807) is 7.11 Å². The van der Waals surface area contributed by atoms with Gasteiger partial charge in [-0.05, 0) is 12.1 Å². The third-order valence-electron chi connectivity index (χ3n) is 1.71. The molecule has 2 nitrogen and oxygen atoms in total. The molecule has 74 valence electrons. The molecule has 1 rings (SSSR count). The van der Waals surface area contributed by atoms with Gasteiger partial charge in [-0.15, -0.1) is 12.3 Å². The van der Waals surface area contributed by atoms with Crippen LogP contribution in [0.1, 0.15) is 6.42 Å². The second-order valence-electron chi connectivity index (χ2n) is 2.76. The van der Waals surface area contributed by atoms with Gasteiger partial charge in [0.15, 0.2) is 0 Å². The maximum absolute atomic E-state index is 5.15. The molecule has 1 aromatic rings. The number of hydrogen-bond donors (Lipinski definition) is 1. The lowest BCUT2D eigenvalue weighted by molar-refractivity contribution is 0.414. The molecule has 0 fully saturated rings. The van der Waals surface area contributed by atoms with Crippen LogP contribution >= 0.6 is 15.9 Å². The predicted octanol–water partition coefficient (Wildman–Crippen LogP) is 2.89. The third-order valence-corrected chi connectivity index (χ3v) is 2.16. The highest BCUT2D eigenvalue weighted by molar-refractivity contribution is 9.10. The van der Waals surface area contributed by atoms with Gasteiger partial charge >= 0.3 is 0 Å². The average molecular weight is 254 g/mol. The Morgan fingerprint density at radius 1 is 1.50 bits per heavy atom. The number of benzene rings is 1. The van der Waals surface area contributed by atoms with Gasteiger partial charge in [-0.1, -0.05) is 15.9 Å². The summed E-state index contributed by atoms with van der Waals surface area (Å²) in [5.41, 5.74) is 1.01. The Morgan fingerprint density at radius 2 is 2.29 bits per heavy atom. The zero-order chi connectivity index (χ0) is 10.4. The molecule has 0 atom stereocenters. The van der Waals surface area contributed by atoms with Crippen LogP contribution in [0.25, 0.3) is 0 Å². The second kappa shape index (κ2) is 5.56. The van der Waals surface area contributed by atoms with Gasteiger partial charge in [0.2, 0.25) is 0 Å². The van der Waals surface area contributed by atoms with E-state index in [-0.39, 0.29) is 0 Å². The summed E-state index contributed by atoms with van der Waals surface area (Å²) in [5.74, 6) is 3.40. The Morgan fingerprint density at radius 3 is 2.93 bits per heavy atom. The first-order chi connectivity index (χ1) is 6.76. The van der Waals surface area contributed by atoms with Gasteiger partial charge in [0.25, 0.3) is 0 Å². The molecule has 0 radical (unpaired) electrons. The number of rotatable bonds is 4. The summed E-state index contributed by atoms with van der Waals surface area (Å²) in [4.78, 5) is 0. The molecular weight excluding hydrogens is 242 g/mol. The topological polar surface area (TPSA) is 21.3 Å². The summed E-state index contributed by atoms with van der Waals surface area (Å²) in [7, 11) is 1.65. The normalized spacial score (nSPS) is 9.21. The fraction of sp³-hybridized carbons (Fsp3) is 0.273. The highest BCUT2D eigenvalue weighted by Crippen LogP contribution is 2.24. The summed E-state index contributed by atoms with van der Waals surface area (Å²) in [6.45, 7) is 0.774. The first kappa shape index (κ1) is 10.9. The minimum absolute atomic E-state index is 0.717. The molecule has 0 aliphatic carbocycles. The number of nitrogens with one attached hydrogen (secondary N) is 1. The van der Waals surface area contributed by atoms with E-state index in [1.807, 2.05) is 18.2 Å². The molecule has 0 saturated carbocycles. The van der Waals surface area contributed by atoms with E-state index in [0.29, 0.717) is 0 Å². The number of anilines is 1. The largest absolute Gasteiger partial charge is 0.497 e. The Balaban J connectivity index is 2.67. The van der Waals surface area contributed by atoms with E-state index in [2.05, 4.69) is 27.2 Å². The van der Waals surface area contributed by atoms with E-state index in [1.165, 1.54) is 0 Å². The van der Waals surface area contributed by atoms with Crippen LogP contribution in [-0.4, -0.2) is 13.7 Å². The number of methoxy groups -OCH3 is 1. The Bertz CT molecular complexity index is 344. The quantitative estimate of drug-likeness (QED) is 0.659. The van der Waals surface area contributed by atoms with Crippen molar-refractivity contribution in [1.82, 2.24) is 0 Å². The zero-order valence-electron chi connectivity index (χ0n) is 8.01. The van der Waals surface area contributed by atoms with Crippen LogP contribution in [0.3, 0.4) is 0 Å². The van der Waals surface area contributed by atoms with Gasteiger partial charge in [-0.25, -0.2) is 0 Å². The van der Waals surface area contributed by atoms with Crippen molar-refractivity contribution < 1.29 is 4.74 Å². The summed E-state index contributed by atoms with van der Waals surface area (Å²) < 4.78 is 6.12. The van der Waals surface area contributed by atoms with Crippen molar-refractivity contribution in [1.29, 1.82) is 0 Å². The molecule has 0 unspecified atom stereocenters. The second-order valence-corrected chi connectivity index (χ2v) is 3.68. The highest BCUT2D eigenvalue weighted by atomic mass is 79.9. The van der Waals surface area contributed by atoms with Crippen molar-refractivity contribution in [2.75, 3.05) is 19.0 Å². The van der Waals surface area contributed by atoms with Gasteiger partial charge in [-0.2, -0.15) is 0 Å². The molecule has 0 aliphatic heterocycles. The molecule has 0 heterocycles. The molecule has 0 aromatic heterocycles. The Kier molecular flexibility index (Phi) is 4.34. The lowest BCUT2D eigenvalue weighted by Crippen LogP contribution is -2.00.